The van der Waals surface area contributed by atoms with Gasteiger partial charge in [0, 0.05) is 22.5 Å². The number of nitrogens with zero attached hydrogens (tertiary/aromatic N) is 1. The molecule has 5 nitrogen and oxygen atoms in total. The fourth-order valence-electron chi connectivity index (χ4n) is 5.30. The largest absolute Gasteiger partial charge is 0.367 e. The molecule has 4 rings (SSSR count). The van der Waals surface area contributed by atoms with Gasteiger partial charge >= 0.3 is 5.97 Å². The Balaban J connectivity index is 1.59. The minimum absolute atomic E-state index is 0.0194. The molecule has 2 saturated carbocycles. The number of amides is 1. The number of carbonyl (C=O) groups excluding carboxylic acids is 2. The topological polar surface area (TPSA) is 67.8 Å². The van der Waals surface area contributed by atoms with Crippen molar-refractivity contribution in [3.63, 3.8) is 0 Å². The van der Waals surface area contributed by atoms with E-state index in [4.69, 9.17) is 28.0 Å². The zero-order valence-electron chi connectivity index (χ0n) is 18.6. The molecule has 2 fully saturated rings. The zero-order valence-corrected chi connectivity index (χ0v) is 20.1. The average molecular weight is 473 g/mol. The van der Waals surface area contributed by atoms with Crippen LogP contribution in [0.1, 0.15) is 56.0 Å². The number of benzene rings is 2. The number of aryl methyl sites for hydroxylation is 1. The molecule has 32 heavy (non-hydrogen) atoms. The highest BCUT2D eigenvalue weighted by atomic mass is 35.5. The van der Waals surface area contributed by atoms with Gasteiger partial charge in [-0.05, 0) is 61.1 Å². The zero-order chi connectivity index (χ0) is 23.3. The number of hydrogen-bond donors (Lipinski definition) is 1. The van der Waals surface area contributed by atoms with Gasteiger partial charge in [-0.1, -0.05) is 61.3 Å². The summed E-state index contributed by atoms with van der Waals surface area (Å²) in [5.41, 5.74) is 1.43. The van der Waals surface area contributed by atoms with E-state index in [0.29, 0.717) is 11.4 Å². The highest BCUT2D eigenvalue weighted by Crippen LogP contribution is 2.71. The molecule has 2 atom stereocenters. The molecule has 0 radical (unpaired) electrons. The molecule has 2 aliphatic rings. The molecule has 0 saturated heterocycles. The molecule has 0 aliphatic heterocycles. The number of carbonyl (C=O) groups is 2. The molecule has 0 heterocycles. The third-order valence-corrected chi connectivity index (χ3v) is 8.38. The highest BCUT2D eigenvalue weighted by molar-refractivity contribution is 6.36. The van der Waals surface area contributed by atoms with Gasteiger partial charge in [-0.25, -0.2) is 4.79 Å². The summed E-state index contributed by atoms with van der Waals surface area (Å²) in [5, 5.41) is 8.00. The van der Waals surface area contributed by atoms with E-state index >= 15 is 0 Å². The molecule has 7 heteroatoms. The lowest BCUT2D eigenvalue weighted by atomic mass is 9.64. The van der Waals surface area contributed by atoms with E-state index in [1.54, 1.807) is 6.07 Å². The molecular formula is C25H26Cl2N2O3. The number of halogens is 2. The van der Waals surface area contributed by atoms with Crippen molar-refractivity contribution in [1.29, 1.82) is 0 Å². The van der Waals surface area contributed by atoms with E-state index < -0.39 is 11.4 Å². The maximum atomic E-state index is 13.5. The Morgan fingerprint density at radius 1 is 1.06 bits per heavy atom. The predicted molar refractivity (Wildman–Crippen MR) is 127 cm³/mol. The van der Waals surface area contributed by atoms with Crippen LogP contribution in [0.4, 0.5) is 5.69 Å². The van der Waals surface area contributed by atoms with Crippen LogP contribution in [0.5, 0.6) is 0 Å². The van der Waals surface area contributed by atoms with Crippen molar-refractivity contribution in [3.8, 4) is 0 Å². The van der Waals surface area contributed by atoms with Gasteiger partial charge in [0.1, 0.15) is 0 Å². The quantitative estimate of drug-likeness (QED) is 0.398. The van der Waals surface area contributed by atoms with Gasteiger partial charge in [-0.15, -0.1) is 0 Å². The monoisotopic (exact) mass is 472 g/mol. The molecule has 2 aromatic rings. The minimum Gasteiger partial charge on any atom is -0.326 e. The summed E-state index contributed by atoms with van der Waals surface area (Å²) in [7, 11) is 0. The van der Waals surface area contributed by atoms with E-state index in [-0.39, 0.29) is 27.3 Å². The van der Waals surface area contributed by atoms with Crippen molar-refractivity contribution in [2.24, 2.45) is 21.4 Å². The van der Waals surface area contributed by atoms with Crippen LogP contribution in [0, 0.1) is 23.2 Å². The van der Waals surface area contributed by atoms with Crippen molar-refractivity contribution in [2.75, 3.05) is 5.32 Å². The Kier molecular flexibility index (Phi) is 5.62. The highest BCUT2D eigenvalue weighted by Gasteiger charge is 2.71. The van der Waals surface area contributed by atoms with E-state index in [2.05, 4.69) is 31.2 Å². The first-order valence-corrected chi connectivity index (χ1v) is 11.4. The number of rotatable bonds is 4. The molecule has 0 spiro atoms. The normalized spacial score (nSPS) is 26.9. The van der Waals surface area contributed by atoms with Crippen molar-refractivity contribution in [3.05, 3.63) is 63.6 Å². The lowest BCUT2D eigenvalue weighted by molar-refractivity contribution is -0.130. The second kappa shape index (κ2) is 7.89. The SMILES string of the molecule is Cc1cccc(NC(=O)[C@]23CC[C@](C)(/C(=N\OC(=O)c4ccc(Cl)cc4Cl)C2)C3(C)C)c1. The van der Waals surface area contributed by atoms with Crippen LogP contribution in [0.15, 0.2) is 47.6 Å². The number of oxime groups is 1. The van der Waals surface area contributed by atoms with Crippen molar-refractivity contribution >= 4 is 46.5 Å². The molecule has 2 aliphatic carbocycles. The second-order valence-electron chi connectivity index (χ2n) is 9.58. The second-order valence-corrected chi connectivity index (χ2v) is 10.4. The Labute approximate surface area is 198 Å². The maximum absolute atomic E-state index is 13.5. The van der Waals surface area contributed by atoms with E-state index in [1.807, 2.05) is 31.2 Å². The van der Waals surface area contributed by atoms with Gasteiger partial charge in [0.05, 0.1) is 21.7 Å². The first kappa shape index (κ1) is 22.8. The number of anilines is 1. The van der Waals surface area contributed by atoms with Gasteiger partial charge in [0.2, 0.25) is 5.91 Å². The third-order valence-electron chi connectivity index (χ3n) is 7.83. The fraction of sp³-hybridized carbons (Fsp3) is 0.400. The predicted octanol–water partition coefficient (Wildman–Crippen LogP) is 6.67. The van der Waals surface area contributed by atoms with Crippen LogP contribution in [0.25, 0.3) is 0 Å². The molecule has 168 valence electrons. The van der Waals surface area contributed by atoms with Crippen LogP contribution >= 0.6 is 23.2 Å². The summed E-state index contributed by atoms with van der Waals surface area (Å²) < 4.78 is 0. The lowest BCUT2D eigenvalue weighted by Crippen LogP contribution is -2.43. The smallest absolute Gasteiger partial charge is 0.326 e. The summed E-state index contributed by atoms with van der Waals surface area (Å²) in [6.07, 6.45) is 1.99. The number of hydrogen-bond acceptors (Lipinski definition) is 4. The van der Waals surface area contributed by atoms with Crippen LogP contribution in [-0.2, 0) is 9.63 Å². The summed E-state index contributed by atoms with van der Waals surface area (Å²) in [5.74, 6) is -0.671. The van der Waals surface area contributed by atoms with E-state index in [0.717, 1.165) is 29.8 Å². The van der Waals surface area contributed by atoms with Crippen molar-refractivity contribution in [2.45, 2.75) is 47.0 Å². The van der Waals surface area contributed by atoms with Gasteiger partial charge in [-0.3, -0.25) is 4.79 Å². The fourth-order valence-corrected chi connectivity index (χ4v) is 5.78. The van der Waals surface area contributed by atoms with Gasteiger partial charge in [-0.2, -0.15) is 0 Å². The van der Waals surface area contributed by atoms with Crippen molar-refractivity contribution < 1.29 is 14.4 Å². The molecular weight excluding hydrogens is 447 g/mol. The molecule has 0 unspecified atom stereocenters. The molecule has 0 aromatic heterocycles. The van der Waals surface area contributed by atoms with Gasteiger partial charge in [0.15, 0.2) is 0 Å². The summed E-state index contributed by atoms with van der Waals surface area (Å²) in [4.78, 5) is 31.4. The summed E-state index contributed by atoms with van der Waals surface area (Å²) >= 11 is 12.0. The Morgan fingerprint density at radius 2 is 1.81 bits per heavy atom. The molecule has 1 N–H and O–H groups in total. The lowest BCUT2D eigenvalue weighted by Gasteiger charge is -2.39. The van der Waals surface area contributed by atoms with Gasteiger partial charge < -0.3 is 10.2 Å². The summed E-state index contributed by atoms with van der Waals surface area (Å²) in [6, 6.07) is 12.3. The Morgan fingerprint density at radius 3 is 2.50 bits per heavy atom. The molecule has 2 bridgehead atoms. The minimum atomic E-state index is -0.651. The van der Waals surface area contributed by atoms with Crippen LogP contribution in [-0.4, -0.2) is 17.6 Å². The number of fused-ring (bicyclic) bond motifs is 2. The average Bonchev–Trinajstić information content (AvgIpc) is 3.02. The molecule has 2 aromatic carbocycles. The van der Waals surface area contributed by atoms with Crippen LogP contribution in [0.2, 0.25) is 10.0 Å². The summed E-state index contributed by atoms with van der Waals surface area (Å²) in [6.45, 7) is 8.31. The van der Waals surface area contributed by atoms with Crippen LogP contribution < -0.4 is 5.32 Å². The van der Waals surface area contributed by atoms with E-state index in [9.17, 15) is 9.59 Å². The third kappa shape index (κ3) is 3.43. The van der Waals surface area contributed by atoms with Gasteiger partial charge in [0.25, 0.3) is 0 Å². The first-order valence-electron chi connectivity index (χ1n) is 10.6. The van der Waals surface area contributed by atoms with E-state index in [1.165, 1.54) is 12.1 Å². The first-order chi connectivity index (χ1) is 15.0. The van der Waals surface area contributed by atoms with Crippen LogP contribution in [0.3, 0.4) is 0 Å². The standard InChI is InChI=1S/C25H26Cl2N2O3/c1-15-6-5-7-17(12-15)28-22(31)25-11-10-24(4,23(25,2)3)20(14-25)29-32-21(30)18-9-8-16(26)13-19(18)27/h5-9,12-13H,10-11,14H2,1-4H3,(H,28,31)/b29-20-/t24-,25+/m1/s1. The Bertz CT molecular complexity index is 1140. The Hall–Kier alpha value is -2.37. The van der Waals surface area contributed by atoms with Crippen molar-refractivity contribution in [1.82, 2.24) is 0 Å². The molecule has 1 amide bonds. The number of nitrogens with one attached hydrogen (secondary N) is 1. The maximum Gasteiger partial charge on any atom is 0.367 e.